The van der Waals surface area contributed by atoms with Crippen LogP contribution in [0.1, 0.15) is 43.0 Å². The normalized spacial score (nSPS) is 26.1. The number of likely N-dealkylation sites (N-methyl/N-ethyl adjacent to an activating group) is 1. The molecule has 0 N–H and O–H groups in total. The highest BCUT2D eigenvalue weighted by atomic mass is 19.2. The van der Waals surface area contributed by atoms with Crippen LogP contribution in [0, 0.1) is 23.4 Å². The third-order valence-electron chi connectivity index (χ3n) is 4.53. The second-order valence-electron chi connectivity index (χ2n) is 6.18. The van der Waals surface area contributed by atoms with Gasteiger partial charge in [-0.05, 0) is 45.0 Å². The van der Waals surface area contributed by atoms with Crippen molar-refractivity contribution < 1.29 is 18.0 Å². The summed E-state index contributed by atoms with van der Waals surface area (Å²) in [7, 11) is 3.54. The van der Waals surface area contributed by atoms with Crippen LogP contribution in [0.3, 0.4) is 0 Å². The lowest BCUT2D eigenvalue weighted by atomic mass is 9.71. The Hall–Kier alpha value is -1.36. The van der Waals surface area contributed by atoms with Gasteiger partial charge in [-0.15, -0.1) is 0 Å². The van der Waals surface area contributed by atoms with Crippen molar-refractivity contribution >= 4 is 5.78 Å². The molecular weight excluding hydrogens is 279 g/mol. The molecule has 2 atom stereocenters. The van der Waals surface area contributed by atoms with Crippen molar-refractivity contribution in [3.63, 3.8) is 0 Å². The third-order valence-corrected chi connectivity index (χ3v) is 4.53. The first kappa shape index (κ1) is 16.0. The number of carbonyl (C=O) groups excluding carboxylic acids is 1. The van der Waals surface area contributed by atoms with E-state index < -0.39 is 28.8 Å². The maximum absolute atomic E-state index is 13.9. The van der Waals surface area contributed by atoms with Gasteiger partial charge >= 0.3 is 0 Å². The van der Waals surface area contributed by atoms with Gasteiger partial charge < -0.3 is 0 Å². The Morgan fingerprint density at radius 2 is 1.90 bits per heavy atom. The van der Waals surface area contributed by atoms with E-state index >= 15 is 0 Å². The van der Waals surface area contributed by atoms with Crippen molar-refractivity contribution in [3.8, 4) is 0 Å². The van der Waals surface area contributed by atoms with Crippen LogP contribution in [-0.4, -0.2) is 30.3 Å². The fourth-order valence-electron chi connectivity index (χ4n) is 3.29. The fraction of sp³-hybridized carbons (Fsp3) is 0.562. The van der Waals surface area contributed by atoms with Gasteiger partial charge in [0.1, 0.15) is 0 Å². The zero-order valence-electron chi connectivity index (χ0n) is 12.5. The molecule has 2 rings (SSSR count). The van der Waals surface area contributed by atoms with Crippen LogP contribution in [0.25, 0.3) is 0 Å². The maximum Gasteiger partial charge on any atom is 0.195 e. The number of Topliss-reactive ketones (excluding diaryl/α,β-unsaturated/α-hetero) is 1. The van der Waals surface area contributed by atoms with E-state index in [-0.39, 0.29) is 5.56 Å². The number of hydrogen-bond donors (Lipinski definition) is 0. The van der Waals surface area contributed by atoms with Crippen molar-refractivity contribution in [1.29, 1.82) is 0 Å². The Labute approximate surface area is 122 Å². The van der Waals surface area contributed by atoms with Crippen molar-refractivity contribution in [2.24, 2.45) is 5.92 Å². The van der Waals surface area contributed by atoms with Crippen molar-refractivity contribution in [3.05, 3.63) is 35.1 Å². The summed E-state index contributed by atoms with van der Waals surface area (Å²) in [5, 5.41) is 0. The molecule has 1 fully saturated rings. The molecule has 2 nitrogen and oxygen atoms in total. The zero-order valence-corrected chi connectivity index (χ0v) is 12.5. The molecule has 5 heteroatoms. The molecule has 1 saturated carbocycles. The highest BCUT2D eigenvalue weighted by Crippen LogP contribution is 2.38. The molecule has 0 amide bonds. The number of carbonyl (C=O) groups is 1. The predicted molar refractivity (Wildman–Crippen MR) is 74.7 cm³/mol. The molecule has 0 heterocycles. The highest BCUT2D eigenvalue weighted by molar-refractivity contribution is 6.03. The molecule has 0 spiro atoms. The lowest BCUT2D eigenvalue weighted by molar-refractivity contribution is 0.0481. The van der Waals surface area contributed by atoms with Crippen molar-refractivity contribution in [1.82, 2.24) is 4.90 Å². The molecule has 0 saturated heterocycles. The molecule has 1 aliphatic rings. The second-order valence-corrected chi connectivity index (χ2v) is 6.18. The Balaban J connectivity index is 2.47. The van der Waals surface area contributed by atoms with Crippen LogP contribution in [0.2, 0.25) is 0 Å². The lowest BCUT2D eigenvalue weighted by Gasteiger charge is -2.43. The molecular formula is C16H20F3NO. The monoisotopic (exact) mass is 299 g/mol. The van der Waals surface area contributed by atoms with E-state index in [0.29, 0.717) is 18.8 Å². The largest absolute Gasteiger partial charge is 0.297 e. The average molecular weight is 299 g/mol. The minimum absolute atomic E-state index is 0.332. The molecule has 21 heavy (non-hydrogen) atoms. The highest BCUT2D eigenvalue weighted by Gasteiger charge is 2.45. The number of benzene rings is 1. The summed E-state index contributed by atoms with van der Waals surface area (Å²) in [6.45, 7) is 2.05. The Morgan fingerprint density at radius 3 is 2.48 bits per heavy atom. The average Bonchev–Trinajstić information content (AvgIpc) is 2.44. The molecule has 1 aromatic rings. The SMILES string of the molecule is CC1CCCC(C(=O)c2ccc(F)c(F)c2F)(N(C)C)C1. The maximum atomic E-state index is 13.9. The van der Waals surface area contributed by atoms with Crippen molar-refractivity contribution in [2.75, 3.05) is 14.1 Å². The van der Waals surface area contributed by atoms with E-state index in [1.54, 1.807) is 19.0 Å². The first-order valence-electron chi connectivity index (χ1n) is 7.15. The summed E-state index contributed by atoms with van der Waals surface area (Å²) < 4.78 is 40.4. The third kappa shape index (κ3) is 2.71. The van der Waals surface area contributed by atoms with Crippen LogP contribution < -0.4 is 0 Å². The number of rotatable bonds is 3. The van der Waals surface area contributed by atoms with Crippen LogP contribution >= 0.6 is 0 Å². The molecule has 0 aliphatic heterocycles. The van der Waals surface area contributed by atoms with E-state index in [2.05, 4.69) is 0 Å². The van der Waals surface area contributed by atoms with Gasteiger partial charge in [0.2, 0.25) is 0 Å². The topological polar surface area (TPSA) is 20.3 Å². The zero-order chi connectivity index (χ0) is 15.8. The molecule has 116 valence electrons. The molecule has 2 unspecified atom stereocenters. The van der Waals surface area contributed by atoms with Crippen LogP contribution in [0.4, 0.5) is 13.2 Å². The summed E-state index contributed by atoms with van der Waals surface area (Å²) in [6, 6.07) is 1.85. The quantitative estimate of drug-likeness (QED) is 0.625. The predicted octanol–water partition coefficient (Wildman–Crippen LogP) is 3.80. The van der Waals surface area contributed by atoms with Crippen LogP contribution in [-0.2, 0) is 0 Å². The second kappa shape index (κ2) is 5.79. The smallest absolute Gasteiger partial charge is 0.195 e. The number of ketones is 1. The molecule has 0 radical (unpaired) electrons. The number of halogens is 3. The lowest BCUT2D eigenvalue weighted by Crippen LogP contribution is -2.54. The standard InChI is InChI=1S/C16H20F3NO/c1-10-5-4-8-16(9-10,20(2)3)15(21)11-6-7-12(17)14(19)13(11)18/h6-7,10H,4-5,8-9H2,1-3H3. The van der Waals surface area contributed by atoms with E-state index in [9.17, 15) is 18.0 Å². The van der Waals surface area contributed by atoms with Gasteiger partial charge in [-0.2, -0.15) is 0 Å². The van der Waals surface area contributed by atoms with Crippen molar-refractivity contribution in [2.45, 2.75) is 38.1 Å². The van der Waals surface area contributed by atoms with E-state index in [0.717, 1.165) is 25.0 Å². The summed E-state index contributed by atoms with van der Waals surface area (Å²) >= 11 is 0. The molecule has 0 aromatic heterocycles. The fourth-order valence-corrected chi connectivity index (χ4v) is 3.29. The Kier molecular flexibility index (Phi) is 4.42. The van der Waals surface area contributed by atoms with E-state index in [1.165, 1.54) is 0 Å². The number of hydrogen-bond acceptors (Lipinski definition) is 2. The molecule has 0 bridgehead atoms. The van der Waals surface area contributed by atoms with Gasteiger partial charge in [0.05, 0.1) is 11.1 Å². The molecule has 1 aliphatic carbocycles. The summed E-state index contributed by atoms with van der Waals surface area (Å²) in [5.74, 6) is -4.38. The van der Waals surface area contributed by atoms with Crippen LogP contribution in [0.15, 0.2) is 12.1 Å². The van der Waals surface area contributed by atoms with Gasteiger partial charge in [0.25, 0.3) is 0 Å². The Morgan fingerprint density at radius 1 is 1.24 bits per heavy atom. The molecule has 1 aromatic carbocycles. The minimum atomic E-state index is -1.58. The van der Waals surface area contributed by atoms with Gasteiger partial charge in [-0.1, -0.05) is 19.8 Å². The summed E-state index contributed by atoms with van der Waals surface area (Å²) in [5.41, 5.74) is -1.21. The minimum Gasteiger partial charge on any atom is -0.297 e. The van der Waals surface area contributed by atoms with Gasteiger partial charge in [-0.3, -0.25) is 9.69 Å². The van der Waals surface area contributed by atoms with E-state index in [1.807, 2.05) is 6.92 Å². The van der Waals surface area contributed by atoms with Gasteiger partial charge in [-0.25, -0.2) is 13.2 Å². The first-order chi connectivity index (χ1) is 9.79. The van der Waals surface area contributed by atoms with E-state index in [4.69, 9.17) is 0 Å². The Bertz CT molecular complexity index is 559. The number of nitrogens with zero attached hydrogens (tertiary/aromatic N) is 1. The summed E-state index contributed by atoms with van der Waals surface area (Å²) in [4.78, 5) is 14.6. The van der Waals surface area contributed by atoms with Gasteiger partial charge in [0, 0.05) is 0 Å². The van der Waals surface area contributed by atoms with Crippen LogP contribution in [0.5, 0.6) is 0 Å². The first-order valence-corrected chi connectivity index (χ1v) is 7.15. The summed E-state index contributed by atoms with van der Waals surface area (Å²) in [6.07, 6.45) is 3.07. The van der Waals surface area contributed by atoms with Gasteiger partial charge in [0.15, 0.2) is 23.2 Å².